The first-order valence-corrected chi connectivity index (χ1v) is 7.02. The molecule has 0 atom stereocenters. The molecule has 2 heterocycles. The summed E-state index contributed by atoms with van der Waals surface area (Å²) in [5, 5.41) is 0. The first-order valence-electron chi connectivity index (χ1n) is 7.02. The third kappa shape index (κ3) is 2.65. The summed E-state index contributed by atoms with van der Waals surface area (Å²) < 4.78 is 0. The van der Waals surface area contributed by atoms with E-state index in [0.29, 0.717) is 12.2 Å². The van der Waals surface area contributed by atoms with Gasteiger partial charge >= 0.3 is 0 Å². The predicted octanol–water partition coefficient (Wildman–Crippen LogP) is 2.35. The van der Waals surface area contributed by atoms with E-state index in [4.69, 9.17) is 5.73 Å². The monoisotopic (exact) mass is 282 g/mol. The Bertz CT molecular complexity index is 736. The minimum atomic E-state index is 0.683. The molecule has 3 N–H and O–H groups in total. The highest BCUT2D eigenvalue weighted by atomic mass is 15.2. The van der Waals surface area contributed by atoms with Gasteiger partial charge < -0.3 is 15.6 Å². The molecule has 3 aromatic rings. The summed E-state index contributed by atoms with van der Waals surface area (Å²) in [5.41, 5.74) is 9.49. The second-order valence-electron chi connectivity index (χ2n) is 4.92. The second-order valence-corrected chi connectivity index (χ2v) is 4.92. The molecule has 0 amide bonds. The third-order valence-electron chi connectivity index (χ3n) is 3.41. The number of hydrogen-bond acceptors (Lipinski definition) is 5. The molecular weight excluding hydrogens is 264 g/mol. The fourth-order valence-corrected chi connectivity index (χ4v) is 2.41. The normalized spacial score (nSPS) is 10.9. The molecule has 21 heavy (non-hydrogen) atoms. The van der Waals surface area contributed by atoms with Gasteiger partial charge in [0.15, 0.2) is 11.5 Å². The van der Waals surface area contributed by atoms with Crippen molar-refractivity contribution in [3.05, 3.63) is 42.5 Å². The van der Waals surface area contributed by atoms with E-state index >= 15 is 0 Å². The van der Waals surface area contributed by atoms with E-state index < -0.39 is 0 Å². The van der Waals surface area contributed by atoms with Crippen LogP contribution in [0.25, 0.3) is 11.2 Å². The molecule has 108 valence electrons. The lowest BCUT2D eigenvalue weighted by molar-refractivity contribution is 0.757. The van der Waals surface area contributed by atoms with Crippen LogP contribution in [0.1, 0.15) is 18.9 Å². The van der Waals surface area contributed by atoms with Gasteiger partial charge in [-0.2, -0.15) is 0 Å². The quantitative estimate of drug-likeness (QED) is 0.702. The number of nitrogens with two attached hydrogens (primary N) is 1. The van der Waals surface area contributed by atoms with Gasteiger partial charge in [-0.25, -0.2) is 15.0 Å². The number of imidazole rings is 1. The number of nitrogens with one attached hydrogen (secondary N) is 1. The van der Waals surface area contributed by atoms with Gasteiger partial charge in [0.05, 0.1) is 6.33 Å². The molecular formula is C15H18N6. The van der Waals surface area contributed by atoms with Crippen molar-refractivity contribution in [1.82, 2.24) is 19.9 Å². The Morgan fingerprint density at radius 3 is 2.86 bits per heavy atom. The van der Waals surface area contributed by atoms with E-state index in [9.17, 15) is 0 Å². The Balaban J connectivity index is 1.98. The number of rotatable bonds is 5. The van der Waals surface area contributed by atoms with Gasteiger partial charge in [0.25, 0.3) is 0 Å². The van der Waals surface area contributed by atoms with Crippen LogP contribution < -0.4 is 10.6 Å². The Hall–Kier alpha value is -2.63. The average molecular weight is 282 g/mol. The van der Waals surface area contributed by atoms with Crippen molar-refractivity contribution in [3.8, 4) is 0 Å². The molecule has 2 aromatic heterocycles. The van der Waals surface area contributed by atoms with E-state index in [1.54, 1.807) is 12.7 Å². The Morgan fingerprint density at radius 2 is 2.05 bits per heavy atom. The van der Waals surface area contributed by atoms with Crippen LogP contribution in [0, 0.1) is 0 Å². The number of aromatic nitrogens is 4. The Morgan fingerprint density at radius 1 is 1.19 bits per heavy atom. The molecule has 0 aliphatic heterocycles. The molecule has 1 aromatic carbocycles. The molecule has 0 unspecified atom stereocenters. The van der Waals surface area contributed by atoms with Crippen LogP contribution in [0.4, 0.5) is 11.5 Å². The highest BCUT2D eigenvalue weighted by Crippen LogP contribution is 2.23. The highest BCUT2D eigenvalue weighted by molar-refractivity contribution is 5.82. The topological polar surface area (TPSA) is 83.7 Å². The number of nitrogen functional groups attached to an aromatic ring is 1. The summed E-state index contributed by atoms with van der Waals surface area (Å²) in [5.74, 6) is 0.864. The maximum Gasteiger partial charge on any atom is 0.182 e. The first kappa shape index (κ1) is 13.4. The summed E-state index contributed by atoms with van der Waals surface area (Å²) in [4.78, 5) is 18.1. The maximum absolute atomic E-state index is 6.06. The molecule has 0 saturated heterocycles. The first-order chi connectivity index (χ1) is 10.3. The minimum absolute atomic E-state index is 0.683. The number of aromatic amines is 1. The van der Waals surface area contributed by atoms with E-state index in [1.807, 2.05) is 24.3 Å². The molecule has 0 saturated carbocycles. The second kappa shape index (κ2) is 5.78. The zero-order chi connectivity index (χ0) is 14.7. The lowest BCUT2D eigenvalue weighted by Gasteiger charge is -2.24. The summed E-state index contributed by atoms with van der Waals surface area (Å²) in [7, 11) is 0. The van der Waals surface area contributed by atoms with Gasteiger partial charge in [-0.3, -0.25) is 0 Å². The van der Waals surface area contributed by atoms with E-state index in [0.717, 1.165) is 35.6 Å². The van der Waals surface area contributed by atoms with Crippen LogP contribution in [0.3, 0.4) is 0 Å². The van der Waals surface area contributed by atoms with Gasteiger partial charge in [0.1, 0.15) is 11.8 Å². The summed E-state index contributed by atoms with van der Waals surface area (Å²) in [6, 6.07) is 7.91. The van der Waals surface area contributed by atoms with Crippen molar-refractivity contribution < 1.29 is 0 Å². The van der Waals surface area contributed by atoms with Gasteiger partial charge in [0.2, 0.25) is 0 Å². The highest BCUT2D eigenvalue weighted by Gasteiger charge is 2.14. The molecule has 0 aliphatic carbocycles. The number of anilines is 2. The van der Waals surface area contributed by atoms with Crippen molar-refractivity contribution in [2.75, 3.05) is 17.2 Å². The van der Waals surface area contributed by atoms with Crippen LogP contribution >= 0.6 is 0 Å². The SMILES string of the molecule is CCCN(Cc1ccccc1N)c1ncnc2nc[nH]c12. The molecule has 0 fully saturated rings. The fourth-order valence-electron chi connectivity index (χ4n) is 2.41. The van der Waals surface area contributed by atoms with Crippen molar-refractivity contribution in [3.63, 3.8) is 0 Å². The number of benzene rings is 1. The standard InChI is InChI=1S/C15H18N6/c1-2-7-21(8-11-5-3-4-6-12(11)16)15-13-14(18-9-17-13)19-10-20-15/h3-6,9-10H,2,7-8,16H2,1H3,(H,17,18,19,20). The molecule has 0 spiro atoms. The van der Waals surface area contributed by atoms with Crippen LogP contribution in [-0.2, 0) is 6.54 Å². The third-order valence-corrected chi connectivity index (χ3v) is 3.41. The zero-order valence-electron chi connectivity index (χ0n) is 12.0. The van der Waals surface area contributed by atoms with Crippen LogP contribution in [0.2, 0.25) is 0 Å². The molecule has 0 radical (unpaired) electrons. The largest absolute Gasteiger partial charge is 0.398 e. The van der Waals surface area contributed by atoms with E-state index in [-0.39, 0.29) is 0 Å². The van der Waals surface area contributed by atoms with Gasteiger partial charge in [-0.1, -0.05) is 25.1 Å². The van der Waals surface area contributed by atoms with Crippen molar-refractivity contribution in [1.29, 1.82) is 0 Å². The zero-order valence-corrected chi connectivity index (χ0v) is 12.0. The number of fused-ring (bicyclic) bond motifs is 1. The number of H-pyrrole nitrogens is 1. The summed E-state index contributed by atoms with van der Waals surface area (Å²) >= 11 is 0. The van der Waals surface area contributed by atoms with Crippen LogP contribution in [0.15, 0.2) is 36.9 Å². The Kier molecular flexibility index (Phi) is 3.68. The van der Waals surface area contributed by atoms with Crippen LogP contribution in [-0.4, -0.2) is 26.5 Å². The van der Waals surface area contributed by atoms with Crippen LogP contribution in [0.5, 0.6) is 0 Å². The lowest BCUT2D eigenvalue weighted by atomic mass is 10.1. The molecule has 6 nitrogen and oxygen atoms in total. The Labute approximate surface area is 123 Å². The van der Waals surface area contributed by atoms with E-state index in [2.05, 4.69) is 31.8 Å². The smallest absolute Gasteiger partial charge is 0.182 e. The van der Waals surface area contributed by atoms with E-state index in [1.165, 1.54) is 0 Å². The maximum atomic E-state index is 6.06. The molecule has 3 rings (SSSR count). The number of nitrogens with zero attached hydrogens (tertiary/aromatic N) is 4. The average Bonchev–Trinajstić information content (AvgIpc) is 2.97. The predicted molar refractivity (Wildman–Crippen MR) is 83.9 cm³/mol. The summed E-state index contributed by atoms with van der Waals surface area (Å²) in [6.07, 6.45) is 4.21. The van der Waals surface area contributed by atoms with Crippen molar-refractivity contribution in [2.24, 2.45) is 0 Å². The fraction of sp³-hybridized carbons (Fsp3) is 0.267. The van der Waals surface area contributed by atoms with Crippen molar-refractivity contribution >= 4 is 22.7 Å². The molecule has 6 heteroatoms. The van der Waals surface area contributed by atoms with Gasteiger partial charge in [-0.05, 0) is 18.1 Å². The lowest BCUT2D eigenvalue weighted by Crippen LogP contribution is -2.25. The molecule has 0 aliphatic rings. The number of para-hydroxylation sites is 1. The van der Waals surface area contributed by atoms with Gasteiger partial charge in [0, 0.05) is 18.8 Å². The van der Waals surface area contributed by atoms with Gasteiger partial charge in [-0.15, -0.1) is 0 Å². The summed E-state index contributed by atoms with van der Waals surface area (Å²) in [6.45, 7) is 3.75. The minimum Gasteiger partial charge on any atom is -0.398 e. The molecule has 0 bridgehead atoms. The number of hydrogen-bond donors (Lipinski definition) is 2. The van der Waals surface area contributed by atoms with Crippen molar-refractivity contribution in [2.45, 2.75) is 19.9 Å².